The lowest BCUT2D eigenvalue weighted by Crippen LogP contribution is -2.48. The average molecular weight is 372 g/mol. The molecule has 2 aromatic rings. The fourth-order valence-corrected chi connectivity index (χ4v) is 3.16. The second kappa shape index (κ2) is 7.68. The van der Waals surface area contributed by atoms with Crippen molar-refractivity contribution < 1.29 is 14.3 Å². The van der Waals surface area contributed by atoms with Gasteiger partial charge in [0, 0.05) is 37.8 Å². The normalized spacial score (nSPS) is 15.9. The van der Waals surface area contributed by atoms with Crippen LogP contribution in [0.3, 0.4) is 0 Å². The zero-order chi connectivity index (χ0) is 19.6. The van der Waals surface area contributed by atoms with Crippen molar-refractivity contribution in [3.63, 3.8) is 0 Å². The number of nitrogens with zero attached hydrogens (tertiary/aromatic N) is 4. The highest BCUT2D eigenvalue weighted by molar-refractivity contribution is 5.82. The third-order valence-corrected chi connectivity index (χ3v) is 4.54. The largest absolute Gasteiger partial charge is 0.460 e. The minimum Gasteiger partial charge on any atom is -0.460 e. The monoisotopic (exact) mass is 372 g/mol. The highest BCUT2D eigenvalue weighted by Crippen LogP contribution is 2.17. The second-order valence-electron chi connectivity index (χ2n) is 8.17. The first-order valence-corrected chi connectivity index (χ1v) is 9.34. The summed E-state index contributed by atoms with van der Waals surface area (Å²) in [7, 11) is 2.07. The molecule has 3 rings (SSSR count). The number of carbonyl (C=O) groups is 2. The van der Waals surface area contributed by atoms with E-state index < -0.39 is 5.60 Å². The lowest BCUT2D eigenvalue weighted by Gasteiger charge is -2.32. The molecule has 27 heavy (non-hydrogen) atoms. The fraction of sp³-hybridized carbons (Fsp3) is 0.550. The topological polar surface area (TPSA) is 67.7 Å². The zero-order valence-corrected chi connectivity index (χ0v) is 16.6. The molecule has 1 aromatic carbocycles. The number of hydrogen-bond donors (Lipinski definition) is 0. The third-order valence-electron chi connectivity index (χ3n) is 4.54. The molecule has 7 nitrogen and oxygen atoms in total. The minimum atomic E-state index is -0.490. The Morgan fingerprint density at radius 1 is 1.15 bits per heavy atom. The van der Waals surface area contributed by atoms with Gasteiger partial charge in [0.15, 0.2) is 0 Å². The summed E-state index contributed by atoms with van der Waals surface area (Å²) < 4.78 is 7.06. The van der Waals surface area contributed by atoms with Crippen LogP contribution in [-0.2, 0) is 27.3 Å². The molecule has 2 heterocycles. The van der Waals surface area contributed by atoms with Crippen LogP contribution in [0.4, 0.5) is 0 Å². The Bertz CT molecular complexity index is 829. The molecule has 0 radical (unpaired) electrons. The Morgan fingerprint density at radius 2 is 1.85 bits per heavy atom. The molecular formula is C20H28N4O3. The van der Waals surface area contributed by atoms with Crippen LogP contribution in [-0.4, -0.2) is 70.3 Å². The Hall–Kier alpha value is -2.41. The molecule has 1 saturated heterocycles. The molecule has 1 aliphatic rings. The van der Waals surface area contributed by atoms with Crippen molar-refractivity contribution in [1.29, 1.82) is 0 Å². The SMILES string of the molecule is CN1CCN(C(=O)Cn2cc3cc(CC(=O)OC(C)(C)C)ccc3n2)CC1. The fourth-order valence-electron chi connectivity index (χ4n) is 3.16. The van der Waals surface area contributed by atoms with Crippen LogP contribution in [0.25, 0.3) is 10.9 Å². The summed E-state index contributed by atoms with van der Waals surface area (Å²) in [5, 5.41) is 5.40. The van der Waals surface area contributed by atoms with E-state index in [4.69, 9.17) is 4.74 Å². The van der Waals surface area contributed by atoms with Crippen LogP contribution >= 0.6 is 0 Å². The number of carbonyl (C=O) groups excluding carboxylic acids is 2. The molecule has 1 aromatic heterocycles. The zero-order valence-electron chi connectivity index (χ0n) is 16.6. The molecule has 1 amide bonds. The predicted octanol–water partition coefficient (Wildman–Crippen LogP) is 1.69. The summed E-state index contributed by atoms with van der Waals surface area (Å²) in [5.74, 6) is -0.163. The molecule has 0 N–H and O–H groups in total. The number of esters is 1. The molecule has 0 unspecified atom stereocenters. The van der Waals surface area contributed by atoms with Crippen molar-refractivity contribution in [2.24, 2.45) is 0 Å². The van der Waals surface area contributed by atoms with E-state index in [2.05, 4.69) is 17.0 Å². The van der Waals surface area contributed by atoms with Crippen molar-refractivity contribution >= 4 is 22.8 Å². The number of piperazine rings is 1. The lowest BCUT2D eigenvalue weighted by molar-refractivity contribution is -0.153. The van der Waals surface area contributed by atoms with Crippen molar-refractivity contribution in [1.82, 2.24) is 19.6 Å². The van der Waals surface area contributed by atoms with Crippen LogP contribution in [0.5, 0.6) is 0 Å². The van der Waals surface area contributed by atoms with Gasteiger partial charge in [-0.05, 0) is 45.5 Å². The van der Waals surface area contributed by atoms with Gasteiger partial charge in [0.1, 0.15) is 12.1 Å². The number of aromatic nitrogens is 2. The number of benzene rings is 1. The Labute approximate surface area is 159 Å². The summed E-state index contributed by atoms with van der Waals surface area (Å²) in [6.07, 6.45) is 2.08. The molecule has 0 atom stereocenters. The molecule has 0 spiro atoms. The predicted molar refractivity (Wildman–Crippen MR) is 103 cm³/mol. The van der Waals surface area contributed by atoms with E-state index in [1.807, 2.05) is 50.1 Å². The van der Waals surface area contributed by atoms with Gasteiger partial charge in [0.05, 0.1) is 11.9 Å². The van der Waals surface area contributed by atoms with E-state index in [1.165, 1.54) is 0 Å². The Balaban J connectivity index is 1.65. The summed E-state index contributed by atoms with van der Waals surface area (Å²) in [6.45, 7) is 9.13. The van der Waals surface area contributed by atoms with Crippen molar-refractivity contribution in [2.45, 2.75) is 39.3 Å². The van der Waals surface area contributed by atoms with Gasteiger partial charge < -0.3 is 14.5 Å². The maximum Gasteiger partial charge on any atom is 0.310 e. The van der Waals surface area contributed by atoms with Crippen molar-refractivity contribution in [3.8, 4) is 0 Å². The van der Waals surface area contributed by atoms with Gasteiger partial charge in [-0.3, -0.25) is 14.3 Å². The average Bonchev–Trinajstić information content (AvgIpc) is 2.95. The van der Waals surface area contributed by atoms with Gasteiger partial charge >= 0.3 is 5.97 Å². The van der Waals surface area contributed by atoms with Gasteiger partial charge in [-0.1, -0.05) is 6.07 Å². The molecule has 0 aliphatic carbocycles. The smallest absolute Gasteiger partial charge is 0.310 e. The highest BCUT2D eigenvalue weighted by Gasteiger charge is 2.20. The number of ether oxygens (including phenoxy) is 1. The van der Waals surface area contributed by atoms with Gasteiger partial charge in [0.25, 0.3) is 0 Å². The highest BCUT2D eigenvalue weighted by atomic mass is 16.6. The van der Waals surface area contributed by atoms with Crippen molar-refractivity contribution in [3.05, 3.63) is 30.0 Å². The van der Waals surface area contributed by atoms with Gasteiger partial charge in [-0.2, -0.15) is 5.10 Å². The molecule has 1 aliphatic heterocycles. The Kier molecular flexibility index (Phi) is 5.51. The number of likely N-dealkylation sites (N-methyl/N-ethyl adjacent to an activating group) is 1. The Morgan fingerprint density at radius 3 is 2.52 bits per heavy atom. The first kappa shape index (κ1) is 19.4. The van der Waals surface area contributed by atoms with Crippen LogP contribution in [0.2, 0.25) is 0 Å². The van der Waals surface area contributed by atoms with E-state index in [-0.39, 0.29) is 24.8 Å². The quantitative estimate of drug-likeness (QED) is 0.764. The second-order valence-corrected chi connectivity index (χ2v) is 8.17. The van der Waals surface area contributed by atoms with E-state index in [9.17, 15) is 9.59 Å². The number of amides is 1. The van der Waals surface area contributed by atoms with E-state index in [1.54, 1.807) is 4.68 Å². The van der Waals surface area contributed by atoms with Gasteiger partial charge in [0.2, 0.25) is 5.91 Å². The van der Waals surface area contributed by atoms with Crippen molar-refractivity contribution in [2.75, 3.05) is 33.2 Å². The van der Waals surface area contributed by atoms with E-state index in [0.29, 0.717) is 0 Å². The van der Waals surface area contributed by atoms with Crippen LogP contribution in [0, 0.1) is 0 Å². The first-order chi connectivity index (χ1) is 12.7. The summed E-state index contributed by atoms with van der Waals surface area (Å²) in [5.41, 5.74) is 1.20. The van der Waals surface area contributed by atoms with E-state index >= 15 is 0 Å². The maximum atomic E-state index is 12.5. The molecule has 146 valence electrons. The summed E-state index contributed by atoms with van der Waals surface area (Å²) in [6, 6.07) is 5.70. The standard InChI is InChI=1S/C20H28N4O3/c1-20(2,3)27-19(26)12-15-5-6-17-16(11-15)13-24(21-17)14-18(25)23-9-7-22(4)8-10-23/h5-6,11,13H,7-10,12,14H2,1-4H3. The van der Waals surface area contributed by atoms with E-state index in [0.717, 1.165) is 42.6 Å². The molecular weight excluding hydrogens is 344 g/mol. The lowest BCUT2D eigenvalue weighted by atomic mass is 10.1. The molecule has 7 heteroatoms. The maximum absolute atomic E-state index is 12.5. The molecule has 0 bridgehead atoms. The molecule has 0 saturated carbocycles. The summed E-state index contributed by atoms with van der Waals surface area (Å²) in [4.78, 5) is 28.6. The number of fused-ring (bicyclic) bond motifs is 1. The first-order valence-electron chi connectivity index (χ1n) is 9.34. The van der Waals surface area contributed by atoms with Crippen LogP contribution < -0.4 is 0 Å². The van der Waals surface area contributed by atoms with Crippen LogP contribution in [0.1, 0.15) is 26.3 Å². The third kappa shape index (κ3) is 5.29. The number of hydrogen-bond acceptors (Lipinski definition) is 5. The summed E-state index contributed by atoms with van der Waals surface area (Å²) >= 11 is 0. The number of rotatable bonds is 4. The minimum absolute atomic E-state index is 0.0879. The van der Waals surface area contributed by atoms with Gasteiger partial charge in [-0.25, -0.2) is 0 Å². The molecule has 1 fully saturated rings. The van der Waals surface area contributed by atoms with Gasteiger partial charge in [-0.15, -0.1) is 0 Å². The van der Waals surface area contributed by atoms with Crippen LogP contribution in [0.15, 0.2) is 24.4 Å².